The molecule has 0 radical (unpaired) electrons. The number of ether oxygens (including phenoxy) is 2. The molecule has 5 aromatic rings. The normalized spacial score (nSPS) is 10.8. The first kappa shape index (κ1) is 26.0. The number of nitrogens with one attached hydrogen (secondary N) is 1. The van der Waals surface area contributed by atoms with E-state index >= 15 is 0 Å². The van der Waals surface area contributed by atoms with Crippen molar-refractivity contribution in [1.29, 1.82) is 0 Å². The molecule has 13 heteroatoms. The first-order valence-corrected chi connectivity index (χ1v) is 11.9. The lowest BCUT2D eigenvalue weighted by Gasteiger charge is -2.13. The fourth-order valence-electron chi connectivity index (χ4n) is 3.99. The molecule has 0 aliphatic carbocycles. The number of carbonyl (C=O) groups excluding carboxylic acids is 2. The fraction of sp³-hybridized carbons (Fsp3) is 0.148. The number of aromatic nitrogens is 4. The standard InChI is InChI=1S/C27H23N5O8/c1-37-17-7-3-15(4-8-17)22-24-26(31-40-30-24)23(16-5-9-18(38-2)10-6-16)29-25(22)27(36)28-14-13-21(35)39-32-19(33)11-12-20(32)34/h3-12,33-34H,13-14H2,1-2H3,(H,28,36). The largest absolute Gasteiger partial charge is 0.497 e. The number of hydrogen-bond acceptors (Lipinski definition) is 11. The summed E-state index contributed by atoms with van der Waals surface area (Å²) in [6.45, 7) is -0.128. The highest BCUT2D eigenvalue weighted by atomic mass is 16.7. The average Bonchev–Trinajstić information content (AvgIpc) is 3.59. The lowest BCUT2D eigenvalue weighted by Crippen LogP contribution is -2.30. The van der Waals surface area contributed by atoms with Crippen LogP contribution in [0, 0.1) is 0 Å². The SMILES string of the molecule is COc1ccc(-c2nc(C(=O)NCCC(=O)On3c(O)ccc3O)c(-c3ccc(OC)cc3)c3nonc23)cc1. The summed E-state index contributed by atoms with van der Waals surface area (Å²) >= 11 is 0. The Bertz CT molecular complexity index is 1660. The van der Waals surface area contributed by atoms with Crippen LogP contribution in [-0.4, -0.2) is 62.9 Å². The third-order valence-corrected chi connectivity index (χ3v) is 5.97. The van der Waals surface area contributed by atoms with E-state index in [1.807, 2.05) is 0 Å². The minimum absolute atomic E-state index is 0.0215. The summed E-state index contributed by atoms with van der Waals surface area (Å²) < 4.78 is 16.1. The molecule has 5 rings (SSSR count). The predicted molar refractivity (Wildman–Crippen MR) is 140 cm³/mol. The van der Waals surface area contributed by atoms with Crippen LogP contribution in [-0.2, 0) is 4.79 Å². The molecule has 0 spiro atoms. The van der Waals surface area contributed by atoms with Gasteiger partial charge in [-0.2, -0.15) is 0 Å². The van der Waals surface area contributed by atoms with E-state index in [-0.39, 0.29) is 18.7 Å². The van der Waals surface area contributed by atoms with Gasteiger partial charge in [-0.05, 0) is 52.3 Å². The zero-order chi connectivity index (χ0) is 28.2. The van der Waals surface area contributed by atoms with E-state index in [0.717, 1.165) is 12.1 Å². The molecular formula is C27H23N5O8. The van der Waals surface area contributed by atoms with E-state index in [1.54, 1.807) is 62.8 Å². The molecule has 3 N–H and O–H groups in total. The molecule has 0 unspecified atom stereocenters. The molecule has 0 bridgehead atoms. The van der Waals surface area contributed by atoms with Gasteiger partial charge in [0.1, 0.15) is 28.4 Å². The molecule has 0 saturated heterocycles. The van der Waals surface area contributed by atoms with Crippen LogP contribution < -0.4 is 19.6 Å². The number of nitrogens with zero attached hydrogens (tertiary/aromatic N) is 4. The van der Waals surface area contributed by atoms with E-state index in [4.69, 9.17) is 18.9 Å². The summed E-state index contributed by atoms with van der Waals surface area (Å²) in [4.78, 5) is 35.3. The van der Waals surface area contributed by atoms with Gasteiger partial charge < -0.3 is 29.8 Å². The molecule has 2 aromatic carbocycles. The van der Waals surface area contributed by atoms with Gasteiger partial charge in [-0.1, -0.05) is 12.1 Å². The first-order chi connectivity index (χ1) is 19.4. The molecule has 1 amide bonds. The molecule has 204 valence electrons. The minimum atomic E-state index is -0.805. The zero-order valence-electron chi connectivity index (χ0n) is 21.3. The lowest BCUT2D eigenvalue weighted by molar-refractivity contribution is -0.145. The molecule has 40 heavy (non-hydrogen) atoms. The van der Waals surface area contributed by atoms with Crippen LogP contribution in [0.2, 0.25) is 0 Å². The van der Waals surface area contributed by atoms with Crippen molar-refractivity contribution in [1.82, 2.24) is 25.3 Å². The number of hydrogen-bond donors (Lipinski definition) is 3. The summed E-state index contributed by atoms with van der Waals surface area (Å²) in [5.41, 5.74) is 2.67. The van der Waals surface area contributed by atoms with Gasteiger partial charge in [0, 0.05) is 29.8 Å². The highest BCUT2D eigenvalue weighted by Gasteiger charge is 2.25. The maximum Gasteiger partial charge on any atom is 0.334 e. The maximum absolute atomic E-state index is 13.5. The van der Waals surface area contributed by atoms with Gasteiger partial charge in [0.25, 0.3) is 5.91 Å². The second kappa shape index (κ2) is 11.0. The highest BCUT2D eigenvalue weighted by Crippen LogP contribution is 2.36. The number of aromatic hydroxyl groups is 2. The number of benzene rings is 2. The third-order valence-electron chi connectivity index (χ3n) is 5.97. The number of amides is 1. The molecule has 0 aliphatic heterocycles. The van der Waals surface area contributed by atoms with Gasteiger partial charge >= 0.3 is 5.97 Å². The molecule has 13 nitrogen and oxygen atoms in total. The Morgan fingerprint density at radius 1 is 0.850 bits per heavy atom. The summed E-state index contributed by atoms with van der Waals surface area (Å²) in [6.07, 6.45) is -0.264. The number of rotatable bonds is 9. The van der Waals surface area contributed by atoms with Crippen molar-refractivity contribution in [3.63, 3.8) is 0 Å². The van der Waals surface area contributed by atoms with Crippen LogP contribution in [0.25, 0.3) is 33.4 Å². The highest BCUT2D eigenvalue weighted by molar-refractivity contribution is 6.09. The maximum atomic E-state index is 13.5. The number of methoxy groups -OCH3 is 2. The summed E-state index contributed by atoms with van der Waals surface area (Å²) in [5.74, 6) is -1.05. The topological polar surface area (TPSA) is 171 Å². The van der Waals surface area contributed by atoms with Crippen LogP contribution in [0.1, 0.15) is 16.9 Å². The summed E-state index contributed by atoms with van der Waals surface area (Å²) in [7, 11) is 3.10. The van der Waals surface area contributed by atoms with Crippen molar-refractivity contribution >= 4 is 22.9 Å². The van der Waals surface area contributed by atoms with Crippen molar-refractivity contribution in [3.05, 3.63) is 66.4 Å². The van der Waals surface area contributed by atoms with E-state index in [2.05, 4.69) is 20.6 Å². The van der Waals surface area contributed by atoms with Gasteiger partial charge in [-0.25, -0.2) is 14.4 Å². The van der Waals surface area contributed by atoms with Gasteiger partial charge in [0.2, 0.25) is 11.8 Å². The molecule has 0 aliphatic rings. The van der Waals surface area contributed by atoms with Crippen LogP contribution in [0.4, 0.5) is 0 Å². The summed E-state index contributed by atoms with van der Waals surface area (Å²) in [5, 5.41) is 30.1. The molecule has 0 atom stereocenters. The zero-order valence-corrected chi connectivity index (χ0v) is 21.3. The number of carbonyl (C=O) groups is 2. The Labute approximate surface area is 226 Å². The minimum Gasteiger partial charge on any atom is -0.497 e. The van der Waals surface area contributed by atoms with Crippen molar-refractivity contribution in [2.24, 2.45) is 0 Å². The van der Waals surface area contributed by atoms with Gasteiger partial charge in [-0.15, -0.1) is 4.73 Å². The van der Waals surface area contributed by atoms with Crippen molar-refractivity contribution in [2.45, 2.75) is 6.42 Å². The van der Waals surface area contributed by atoms with Crippen molar-refractivity contribution in [2.75, 3.05) is 20.8 Å². The van der Waals surface area contributed by atoms with Crippen LogP contribution in [0.5, 0.6) is 23.3 Å². The average molecular weight is 546 g/mol. The molecular weight excluding hydrogens is 522 g/mol. The Balaban J connectivity index is 1.48. The van der Waals surface area contributed by atoms with Crippen LogP contribution >= 0.6 is 0 Å². The Hall–Kier alpha value is -5.59. The first-order valence-electron chi connectivity index (χ1n) is 11.9. The smallest absolute Gasteiger partial charge is 0.334 e. The second-order valence-corrected chi connectivity index (χ2v) is 8.42. The van der Waals surface area contributed by atoms with E-state index in [0.29, 0.717) is 49.6 Å². The van der Waals surface area contributed by atoms with Crippen molar-refractivity contribution < 1.29 is 38.7 Å². The van der Waals surface area contributed by atoms with Crippen LogP contribution in [0.15, 0.2) is 65.3 Å². The van der Waals surface area contributed by atoms with Gasteiger partial charge in [0.05, 0.1) is 20.6 Å². The Morgan fingerprint density at radius 3 is 2.02 bits per heavy atom. The van der Waals surface area contributed by atoms with E-state index < -0.39 is 23.6 Å². The number of fused-ring (bicyclic) bond motifs is 1. The van der Waals surface area contributed by atoms with Gasteiger partial charge in [-0.3, -0.25) is 4.79 Å². The predicted octanol–water partition coefficient (Wildman–Crippen LogP) is 2.96. The van der Waals surface area contributed by atoms with Crippen LogP contribution in [0.3, 0.4) is 0 Å². The molecule has 3 aromatic heterocycles. The second-order valence-electron chi connectivity index (χ2n) is 8.42. The van der Waals surface area contributed by atoms with Gasteiger partial charge in [0.15, 0.2) is 5.52 Å². The molecule has 0 saturated carbocycles. The van der Waals surface area contributed by atoms with Crippen molar-refractivity contribution in [3.8, 4) is 45.6 Å². The number of pyridine rings is 1. The van der Waals surface area contributed by atoms with E-state index in [1.165, 1.54) is 0 Å². The lowest BCUT2D eigenvalue weighted by atomic mass is 9.99. The third kappa shape index (κ3) is 5.07. The Morgan fingerprint density at radius 2 is 1.43 bits per heavy atom. The monoisotopic (exact) mass is 545 g/mol. The quantitative estimate of drug-likeness (QED) is 0.249. The summed E-state index contributed by atoms with van der Waals surface area (Å²) in [6, 6.07) is 16.3. The van der Waals surface area contributed by atoms with E-state index in [9.17, 15) is 19.8 Å². The molecule has 0 fully saturated rings. The Kier molecular flexibility index (Phi) is 7.18. The fourth-order valence-corrected chi connectivity index (χ4v) is 3.99. The molecule has 3 heterocycles.